The first-order valence-electron chi connectivity index (χ1n) is 7.56. The van der Waals surface area contributed by atoms with Crippen LogP contribution in [-0.2, 0) is 12.6 Å². The van der Waals surface area contributed by atoms with Gasteiger partial charge in [0.25, 0.3) is 0 Å². The number of aryl methyl sites for hydroxylation is 1. The van der Waals surface area contributed by atoms with Crippen molar-refractivity contribution in [2.45, 2.75) is 25.6 Å². The minimum Gasteiger partial charge on any atom is -0.391 e. The van der Waals surface area contributed by atoms with Gasteiger partial charge in [0.15, 0.2) is 0 Å². The van der Waals surface area contributed by atoms with Crippen LogP contribution in [0.2, 0.25) is 0 Å². The van der Waals surface area contributed by atoms with Crippen LogP contribution in [0.25, 0.3) is 0 Å². The molecule has 0 amide bonds. The Morgan fingerprint density at radius 3 is 2.71 bits per heavy atom. The second-order valence-corrected chi connectivity index (χ2v) is 5.99. The van der Waals surface area contributed by atoms with Crippen LogP contribution >= 0.6 is 0 Å². The third-order valence-corrected chi connectivity index (χ3v) is 4.09. The fourth-order valence-corrected chi connectivity index (χ4v) is 2.92. The summed E-state index contributed by atoms with van der Waals surface area (Å²) in [6.45, 7) is 2.20. The highest BCUT2D eigenvalue weighted by Crippen LogP contribution is 2.33. The Morgan fingerprint density at radius 1 is 1.25 bits per heavy atom. The molecule has 1 saturated heterocycles. The molecule has 128 valence electrons. The number of hydrogen-bond acceptors (Lipinski definition) is 5. The molecule has 0 spiro atoms. The van der Waals surface area contributed by atoms with Gasteiger partial charge < -0.3 is 10.0 Å². The molecule has 2 aromatic heterocycles. The number of rotatable bonds is 3. The third-order valence-electron chi connectivity index (χ3n) is 4.09. The fraction of sp³-hybridized carbons (Fsp3) is 0.438. The number of aromatic nitrogens is 3. The molecule has 0 saturated carbocycles. The number of hydrogen-bond donors (Lipinski definition) is 1. The molecule has 5 nitrogen and oxygen atoms in total. The van der Waals surface area contributed by atoms with Gasteiger partial charge in [-0.3, -0.25) is 9.97 Å². The van der Waals surface area contributed by atoms with Gasteiger partial charge in [0, 0.05) is 43.3 Å². The van der Waals surface area contributed by atoms with E-state index in [0.717, 1.165) is 17.8 Å². The lowest BCUT2D eigenvalue weighted by molar-refractivity contribution is -0.137. The lowest BCUT2D eigenvalue weighted by Crippen LogP contribution is -2.23. The summed E-state index contributed by atoms with van der Waals surface area (Å²) in [6.07, 6.45) is 0.219. The smallest absolute Gasteiger partial charge is 0.391 e. The highest BCUT2D eigenvalue weighted by Gasteiger charge is 2.35. The third kappa shape index (κ3) is 3.64. The molecule has 24 heavy (non-hydrogen) atoms. The van der Waals surface area contributed by atoms with E-state index in [2.05, 4.69) is 15.0 Å². The average Bonchev–Trinajstić information content (AvgIpc) is 2.88. The summed E-state index contributed by atoms with van der Waals surface area (Å²) in [5.41, 5.74) is 0.320. The van der Waals surface area contributed by atoms with Gasteiger partial charge in [0.2, 0.25) is 0 Å². The van der Waals surface area contributed by atoms with Crippen LogP contribution < -0.4 is 4.90 Å². The van der Waals surface area contributed by atoms with Crippen molar-refractivity contribution in [1.82, 2.24) is 15.0 Å². The monoisotopic (exact) mass is 338 g/mol. The van der Waals surface area contributed by atoms with Crippen molar-refractivity contribution in [2.24, 2.45) is 5.92 Å². The lowest BCUT2D eigenvalue weighted by Gasteiger charge is -2.19. The van der Waals surface area contributed by atoms with Gasteiger partial charge in [0.1, 0.15) is 5.82 Å². The van der Waals surface area contributed by atoms with Crippen LogP contribution in [0.15, 0.2) is 30.7 Å². The van der Waals surface area contributed by atoms with Crippen molar-refractivity contribution in [3.05, 3.63) is 47.7 Å². The fourth-order valence-electron chi connectivity index (χ4n) is 2.92. The molecule has 1 N–H and O–H groups in total. The summed E-state index contributed by atoms with van der Waals surface area (Å²) in [5, 5.41) is 10.2. The summed E-state index contributed by atoms with van der Waals surface area (Å²) in [4.78, 5) is 14.0. The van der Waals surface area contributed by atoms with E-state index in [-0.39, 0.29) is 18.3 Å². The molecule has 0 radical (unpaired) electrons. The maximum atomic E-state index is 13.0. The van der Waals surface area contributed by atoms with Gasteiger partial charge in [-0.05, 0) is 25.5 Å². The maximum absolute atomic E-state index is 13.0. The Hall–Kier alpha value is -2.22. The number of alkyl halides is 3. The zero-order valence-corrected chi connectivity index (χ0v) is 13.0. The highest BCUT2D eigenvalue weighted by molar-refractivity contribution is 5.45. The van der Waals surface area contributed by atoms with E-state index in [9.17, 15) is 18.3 Å². The quantitative estimate of drug-likeness (QED) is 0.930. The largest absolute Gasteiger partial charge is 0.416 e. The molecule has 0 aliphatic carbocycles. The number of aliphatic hydroxyl groups excluding tert-OH is 1. The Kier molecular flexibility index (Phi) is 4.40. The Bertz CT molecular complexity index is 708. The summed E-state index contributed by atoms with van der Waals surface area (Å²) in [5.74, 6) is 0.112. The van der Waals surface area contributed by atoms with E-state index < -0.39 is 17.8 Å². The summed E-state index contributed by atoms with van der Waals surface area (Å²) in [6, 6.07) is 2.05. The van der Waals surface area contributed by atoms with Crippen molar-refractivity contribution in [2.75, 3.05) is 18.0 Å². The first kappa shape index (κ1) is 16.6. The molecule has 0 aromatic carbocycles. The topological polar surface area (TPSA) is 62.1 Å². The van der Waals surface area contributed by atoms with E-state index in [1.807, 2.05) is 0 Å². The predicted molar refractivity (Wildman–Crippen MR) is 81.4 cm³/mol. The van der Waals surface area contributed by atoms with Crippen molar-refractivity contribution < 1.29 is 18.3 Å². The Labute approximate surface area is 137 Å². The minimum atomic E-state index is -4.42. The van der Waals surface area contributed by atoms with E-state index in [1.165, 1.54) is 6.92 Å². The summed E-state index contributed by atoms with van der Waals surface area (Å²) >= 11 is 0. The van der Waals surface area contributed by atoms with Crippen LogP contribution in [0, 0.1) is 12.8 Å². The maximum Gasteiger partial charge on any atom is 0.416 e. The molecule has 2 aromatic rings. The molecule has 3 rings (SSSR count). The number of anilines is 1. The minimum absolute atomic E-state index is 0.127. The SMILES string of the molecule is Cc1cc(C(F)(F)F)cc(N2C[C@@H](Cc3cnccn3)[C@H](O)C2)n1. The van der Waals surface area contributed by atoms with Gasteiger partial charge >= 0.3 is 6.18 Å². The van der Waals surface area contributed by atoms with Crippen LogP contribution in [0.4, 0.5) is 19.0 Å². The molecule has 0 bridgehead atoms. The number of nitrogens with zero attached hydrogens (tertiary/aromatic N) is 4. The summed E-state index contributed by atoms with van der Waals surface area (Å²) in [7, 11) is 0. The van der Waals surface area contributed by atoms with Crippen molar-refractivity contribution in [3.8, 4) is 0 Å². The highest BCUT2D eigenvalue weighted by atomic mass is 19.4. The first-order chi connectivity index (χ1) is 11.3. The van der Waals surface area contributed by atoms with Crippen LogP contribution in [-0.4, -0.2) is 39.3 Å². The molecule has 1 aliphatic heterocycles. The van der Waals surface area contributed by atoms with Gasteiger partial charge in [-0.1, -0.05) is 0 Å². The molecule has 2 atom stereocenters. The zero-order chi connectivity index (χ0) is 17.3. The molecule has 3 heterocycles. The van der Waals surface area contributed by atoms with Gasteiger partial charge in [-0.15, -0.1) is 0 Å². The van der Waals surface area contributed by atoms with Gasteiger partial charge in [-0.25, -0.2) is 4.98 Å². The second-order valence-electron chi connectivity index (χ2n) is 5.99. The molecule has 0 unspecified atom stereocenters. The Balaban J connectivity index is 1.78. The van der Waals surface area contributed by atoms with Crippen molar-refractivity contribution in [1.29, 1.82) is 0 Å². The van der Waals surface area contributed by atoms with Gasteiger partial charge in [-0.2, -0.15) is 13.2 Å². The molecule has 8 heteroatoms. The van der Waals surface area contributed by atoms with Crippen LogP contribution in [0.3, 0.4) is 0 Å². The number of pyridine rings is 1. The van der Waals surface area contributed by atoms with Crippen molar-refractivity contribution >= 4 is 5.82 Å². The molecule has 1 aliphatic rings. The lowest BCUT2D eigenvalue weighted by atomic mass is 10.0. The van der Waals surface area contributed by atoms with E-state index >= 15 is 0 Å². The molecule has 1 fully saturated rings. The normalized spacial score (nSPS) is 21.3. The van der Waals surface area contributed by atoms with Gasteiger partial charge in [0.05, 0.1) is 17.4 Å². The van der Waals surface area contributed by atoms with Crippen LogP contribution in [0.5, 0.6) is 0 Å². The van der Waals surface area contributed by atoms with E-state index in [0.29, 0.717) is 18.7 Å². The van der Waals surface area contributed by atoms with E-state index in [4.69, 9.17) is 0 Å². The van der Waals surface area contributed by atoms with Crippen LogP contribution in [0.1, 0.15) is 17.0 Å². The summed E-state index contributed by atoms with van der Waals surface area (Å²) < 4.78 is 38.9. The second kappa shape index (κ2) is 6.35. The Morgan fingerprint density at radius 2 is 2.04 bits per heavy atom. The molecular weight excluding hydrogens is 321 g/mol. The predicted octanol–water partition coefficient (Wildman–Crippen LogP) is 2.24. The number of halogens is 3. The number of β-amino-alcohol motifs (C(OH)–C–C–N with tert-alkyl or cyclic N) is 1. The standard InChI is InChI=1S/C16H17F3N4O/c1-10-4-12(16(17,18)19)6-15(22-10)23-8-11(14(24)9-23)5-13-7-20-2-3-21-13/h2-4,6-7,11,14,24H,5,8-9H2,1H3/t11-,14-/m1/s1. The number of aliphatic hydroxyl groups is 1. The molecular formula is C16H17F3N4O. The van der Waals surface area contributed by atoms with E-state index in [1.54, 1.807) is 23.5 Å². The van der Waals surface area contributed by atoms with Crippen molar-refractivity contribution in [3.63, 3.8) is 0 Å². The zero-order valence-electron chi connectivity index (χ0n) is 13.0. The first-order valence-corrected chi connectivity index (χ1v) is 7.56. The average molecular weight is 338 g/mol.